The van der Waals surface area contributed by atoms with Crippen molar-refractivity contribution in [3.8, 4) is 5.75 Å². The van der Waals surface area contributed by atoms with E-state index >= 15 is 0 Å². The summed E-state index contributed by atoms with van der Waals surface area (Å²) in [5.74, 6) is -0.761. The highest BCUT2D eigenvalue weighted by atomic mass is 19.1. The van der Waals surface area contributed by atoms with Crippen molar-refractivity contribution >= 4 is 17.8 Å². The number of aromatic nitrogens is 1. The number of hydrogen-bond acceptors (Lipinski definition) is 4. The van der Waals surface area contributed by atoms with Gasteiger partial charge in [-0.1, -0.05) is 44.2 Å². The predicted octanol–water partition coefficient (Wildman–Crippen LogP) is 2.86. The molecule has 1 atom stereocenters. The van der Waals surface area contributed by atoms with Crippen LogP contribution < -0.4 is 21.1 Å². The van der Waals surface area contributed by atoms with Crippen LogP contribution in [0.15, 0.2) is 47.6 Å². The summed E-state index contributed by atoms with van der Waals surface area (Å²) >= 11 is 0. The SMILES string of the molecule is COc1cc(CNC(=O)C(CC2CCCCC2)NC(N)=NC(=O)Cc2ccccn2)ccc1F. The van der Waals surface area contributed by atoms with Crippen LogP contribution in [0.4, 0.5) is 4.39 Å². The number of rotatable bonds is 9. The Bertz CT molecular complexity index is 993. The molecule has 0 radical (unpaired) electrons. The first-order valence-corrected chi connectivity index (χ1v) is 11.6. The minimum Gasteiger partial charge on any atom is -0.494 e. The Morgan fingerprint density at radius 2 is 2.03 bits per heavy atom. The van der Waals surface area contributed by atoms with Crippen LogP contribution in [0.5, 0.6) is 5.75 Å². The summed E-state index contributed by atoms with van der Waals surface area (Å²) in [5.41, 5.74) is 7.29. The molecule has 0 saturated heterocycles. The molecule has 4 N–H and O–H groups in total. The standard InChI is InChI=1S/C25H32FN5O3/c1-34-22-14-18(10-11-20(22)26)16-29-24(33)21(13-17-7-3-2-4-8-17)30-25(27)31-23(32)15-19-9-5-6-12-28-19/h5-6,9-12,14,17,21H,2-4,7-8,13,15-16H2,1H3,(H,29,33)(H3,27,30,31,32). The number of aliphatic imine (C=N–C) groups is 1. The molecule has 9 heteroatoms. The number of nitrogens with zero attached hydrogens (tertiary/aromatic N) is 2. The quantitative estimate of drug-likeness (QED) is 0.384. The third-order valence-electron chi connectivity index (χ3n) is 5.92. The average molecular weight is 470 g/mol. The molecule has 0 aliphatic heterocycles. The van der Waals surface area contributed by atoms with Crippen LogP contribution in [0.3, 0.4) is 0 Å². The van der Waals surface area contributed by atoms with Gasteiger partial charge in [-0.25, -0.2) is 4.39 Å². The number of guanidine groups is 1. The van der Waals surface area contributed by atoms with Crippen molar-refractivity contribution in [2.75, 3.05) is 7.11 Å². The zero-order valence-corrected chi connectivity index (χ0v) is 19.4. The topological polar surface area (TPSA) is 119 Å². The second-order valence-electron chi connectivity index (χ2n) is 8.51. The van der Waals surface area contributed by atoms with Gasteiger partial charge in [0.15, 0.2) is 17.5 Å². The molecule has 1 heterocycles. The molecule has 0 bridgehead atoms. The number of halogens is 1. The van der Waals surface area contributed by atoms with E-state index in [1.54, 1.807) is 36.5 Å². The van der Waals surface area contributed by atoms with Crippen molar-refractivity contribution in [3.63, 3.8) is 0 Å². The first-order valence-electron chi connectivity index (χ1n) is 11.6. The maximum atomic E-state index is 13.7. The molecule has 8 nitrogen and oxygen atoms in total. The largest absolute Gasteiger partial charge is 0.494 e. The Morgan fingerprint density at radius 1 is 1.24 bits per heavy atom. The van der Waals surface area contributed by atoms with E-state index in [2.05, 4.69) is 20.6 Å². The van der Waals surface area contributed by atoms with Crippen molar-refractivity contribution in [3.05, 3.63) is 59.7 Å². The number of hydrogen-bond donors (Lipinski definition) is 3. The van der Waals surface area contributed by atoms with Gasteiger partial charge in [-0.15, -0.1) is 0 Å². The van der Waals surface area contributed by atoms with Crippen LogP contribution in [0.1, 0.15) is 49.8 Å². The maximum Gasteiger partial charge on any atom is 0.254 e. The van der Waals surface area contributed by atoms with E-state index in [0.717, 1.165) is 25.7 Å². The molecule has 0 spiro atoms. The molecule has 1 aliphatic carbocycles. The van der Waals surface area contributed by atoms with Gasteiger partial charge in [-0.05, 0) is 42.2 Å². The number of nitrogens with two attached hydrogens (primary N) is 1. The molecule has 182 valence electrons. The third kappa shape index (κ3) is 7.83. The van der Waals surface area contributed by atoms with Gasteiger partial charge in [-0.2, -0.15) is 4.99 Å². The van der Waals surface area contributed by atoms with Gasteiger partial charge in [-0.3, -0.25) is 14.6 Å². The van der Waals surface area contributed by atoms with Crippen LogP contribution >= 0.6 is 0 Å². The Labute approximate surface area is 199 Å². The van der Waals surface area contributed by atoms with Crippen molar-refractivity contribution in [2.24, 2.45) is 16.6 Å². The first-order chi connectivity index (χ1) is 16.4. The summed E-state index contributed by atoms with van der Waals surface area (Å²) < 4.78 is 18.7. The molecule has 1 aromatic heterocycles. The lowest BCUT2D eigenvalue weighted by molar-refractivity contribution is -0.123. The minimum atomic E-state index is -0.642. The highest BCUT2D eigenvalue weighted by Gasteiger charge is 2.25. The van der Waals surface area contributed by atoms with Gasteiger partial charge >= 0.3 is 0 Å². The Balaban J connectivity index is 1.64. The summed E-state index contributed by atoms with van der Waals surface area (Å²) in [6.45, 7) is 0.202. The molecule has 1 aliphatic rings. The lowest BCUT2D eigenvalue weighted by atomic mass is 9.84. The second-order valence-corrected chi connectivity index (χ2v) is 8.51. The highest BCUT2D eigenvalue weighted by molar-refractivity contribution is 5.95. The van der Waals surface area contributed by atoms with Gasteiger partial charge in [0.25, 0.3) is 5.91 Å². The summed E-state index contributed by atoms with van der Waals surface area (Å²) in [4.78, 5) is 33.3. The zero-order valence-electron chi connectivity index (χ0n) is 19.4. The van der Waals surface area contributed by atoms with Crippen molar-refractivity contribution in [1.29, 1.82) is 0 Å². The fourth-order valence-electron chi connectivity index (χ4n) is 4.16. The molecule has 1 unspecified atom stereocenters. The first kappa shape index (κ1) is 25.1. The summed E-state index contributed by atoms with van der Waals surface area (Å²) in [6, 6.07) is 9.10. The van der Waals surface area contributed by atoms with E-state index in [9.17, 15) is 14.0 Å². The van der Waals surface area contributed by atoms with Gasteiger partial charge in [0.1, 0.15) is 6.04 Å². The van der Waals surface area contributed by atoms with E-state index in [1.807, 2.05) is 0 Å². The van der Waals surface area contributed by atoms with Crippen LogP contribution in [-0.2, 0) is 22.6 Å². The fourth-order valence-corrected chi connectivity index (χ4v) is 4.16. The van der Waals surface area contributed by atoms with E-state index in [4.69, 9.17) is 10.5 Å². The van der Waals surface area contributed by atoms with Gasteiger partial charge < -0.3 is 21.1 Å². The van der Waals surface area contributed by atoms with Crippen molar-refractivity contribution in [2.45, 2.75) is 57.5 Å². The highest BCUT2D eigenvalue weighted by Crippen LogP contribution is 2.27. The smallest absolute Gasteiger partial charge is 0.254 e. The van der Waals surface area contributed by atoms with Crippen molar-refractivity contribution in [1.82, 2.24) is 15.6 Å². The molecule has 1 saturated carbocycles. The number of carbonyl (C=O) groups excluding carboxylic acids is 2. The van der Waals surface area contributed by atoms with Crippen LogP contribution in [-0.4, -0.2) is 35.9 Å². The molecule has 1 aromatic carbocycles. The second kappa shape index (κ2) is 12.7. The molecule has 2 amide bonds. The number of nitrogens with one attached hydrogen (secondary N) is 2. The molecular formula is C25H32FN5O3. The molecule has 2 aromatic rings. The van der Waals surface area contributed by atoms with Gasteiger partial charge in [0, 0.05) is 18.4 Å². The van der Waals surface area contributed by atoms with Crippen LogP contribution in [0.25, 0.3) is 0 Å². The van der Waals surface area contributed by atoms with E-state index in [1.165, 1.54) is 19.6 Å². The van der Waals surface area contributed by atoms with Gasteiger partial charge in [0.05, 0.1) is 13.5 Å². The minimum absolute atomic E-state index is 0.0229. The zero-order chi connectivity index (χ0) is 24.3. The number of ether oxygens (including phenoxy) is 1. The lowest BCUT2D eigenvalue weighted by Gasteiger charge is -2.27. The number of carbonyl (C=O) groups is 2. The third-order valence-corrected chi connectivity index (χ3v) is 5.92. The lowest BCUT2D eigenvalue weighted by Crippen LogP contribution is -2.50. The van der Waals surface area contributed by atoms with E-state index < -0.39 is 17.8 Å². The monoisotopic (exact) mass is 469 g/mol. The number of methoxy groups -OCH3 is 1. The Kier molecular flexibility index (Phi) is 9.37. The molecule has 1 fully saturated rings. The Hall–Kier alpha value is -3.49. The van der Waals surface area contributed by atoms with Crippen LogP contribution in [0, 0.1) is 11.7 Å². The number of pyridine rings is 1. The normalized spacial score (nSPS) is 15.4. The number of benzene rings is 1. The van der Waals surface area contributed by atoms with E-state index in [0.29, 0.717) is 23.6 Å². The van der Waals surface area contributed by atoms with Gasteiger partial charge in [0.2, 0.25) is 5.91 Å². The van der Waals surface area contributed by atoms with Crippen molar-refractivity contribution < 1.29 is 18.7 Å². The number of amides is 2. The fraction of sp³-hybridized carbons (Fsp3) is 0.440. The van der Waals surface area contributed by atoms with E-state index in [-0.39, 0.29) is 30.6 Å². The summed E-state index contributed by atoms with van der Waals surface area (Å²) in [5, 5.41) is 5.81. The molecule has 3 rings (SSSR count). The summed E-state index contributed by atoms with van der Waals surface area (Å²) in [6.07, 6.45) is 7.81. The Morgan fingerprint density at radius 3 is 2.74 bits per heavy atom. The average Bonchev–Trinajstić information content (AvgIpc) is 2.84. The van der Waals surface area contributed by atoms with Crippen LogP contribution in [0.2, 0.25) is 0 Å². The predicted molar refractivity (Wildman–Crippen MR) is 127 cm³/mol. The maximum absolute atomic E-state index is 13.7. The summed E-state index contributed by atoms with van der Waals surface area (Å²) in [7, 11) is 1.39. The molecular weight excluding hydrogens is 437 g/mol. The molecule has 34 heavy (non-hydrogen) atoms.